The number of esters is 1. The van der Waals surface area contributed by atoms with E-state index >= 15 is 4.79 Å². The molecule has 0 saturated carbocycles. The van der Waals surface area contributed by atoms with Crippen LogP contribution in [0.25, 0.3) is 42.9 Å². The van der Waals surface area contributed by atoms with Gasteiger partial charge in [0.25, 0.3) is 5.91 Å². The molecule has 0 spiro atoms. The number of hydrogen-bond donors (Lipinski definition) is 0. The number of hydrogen-bond acceptors (Lipinski definition) is 11. The highest BCUT2D eigenvalue weighted by atomic mass is 32.2. The first kappa shape index (κ1) is 43.5. The summed E-state index contributed by atoms with van der Waals surface area (Å²) in [7, 11) is -3.95. The highest BCUT2D eigenvalue weighted by Gasteiger charge is 2.34. The van der Waals surface area contributed by atoms with Crippen molar-refractivity contribution >= 4 is 60.2 Å². The number of nitrogens with zero attached hydrogens (tertiary/aromatic N) is 4. The topological polar surface area (TPSA) is 136 Å². The summed E-state index contributed by atoms with van der Waals surface area (Å²) in [4.78, 5) is 51.4. The van der Waals surface area contributed by atoms with Crippen LogP contribution in [0.5, 0.6) is 0 Å². The van der Waals surface area contributed by atoms with E-state index in [1.165, 1.54) is 16.9 Å². The molecule has 0 unspecified atom stereocenters. The van der Waals surface area contributed by atoms with Gasteiger partial charge in [-0.05, 0) is 115 Å². The van der Waals surface area contributed by atoms with Crippen LogP contribution in [0.4, 0.5) is 5.69 Å². The van der Waals surface area contributed by atoms with E-state index in [2.05, 4.69) is 11.0 Å². The maximum atomic E-state index is 15.1. The van der Waals surface area contributed by atoms with E-state index in [9.17, 15) is 18.0 Å². The first-order valence-electron chi connectivity index (χ1n) is 21.3. The maximum Gasteiger partial charge on any atom is 0.347 e. The number of para-hydroxylation sites is 1. The Labute approximate surface area is 356 Å². The number of aromatic nitrogens is 1. The summed E-state index contributed by atoms with van der Waals surface area (Å²) in [5, 5.41) is 1.25. The van der Waals surface area contributed by atoms with Gasteiger partial charge >= 0.3 is 21.7 Å². The van der Waals surface area contributed by atoms with Gasteiger partial charge in [-0.1, -0.05) is 34.6 Å². The molecule has 2 aliphatic rings. The number of aryl methyl sites for hydroxylation is 2. The number of benzene rings is 3. The van der Waals surface area contributed by atoms with Gasteiger partial charge in [0.1, 0.15) is 41.4 Å². The van der Waals surface area contributed by atoms with Gasteiger partial charge < -0.3 is 19.0 Å². The lowest BCUT2D eigenvalue weighted by Gasteiger charge is -2.37. The Morgan fingerprint density at radius 3 is 2.33 bits per heavy atom. The summed E-state index contributed by atoms with van der Waals surface area (Å²) < 4.78 is 45.2. The zero-order valence-corrected chi connectivity index (χ0v) is 37.3. The minimum absolute atomic E-state index is 0.0206. The molecule has 12 nitrogen and oxygen atoms in total. The molecular formula is C46H57N4O8S2+. The van der Waals surface area contributed by atoms with Gasteiger partial charge in [0.2, 0.25) is 0 Å². The van der Waals surface area contributed by atoms with Crippen molar-refractivity contribution in [2.75, 3.05) is 56.5 Å². The van der Waals surface area contributed by atoms with Crippen LogP contribution in [0.2, 0.25) is 0 Å². The largest absolute Gasteiger partial charge is 0.460 e. The van der Waals surface area contributed by atoms with E-state index in [0.29, 0.717) is 58.9 Å². The molecule has 5 aromatic rings. The number of rotatable bonds is 16. The van der Waals surface area contributed by atoms with Gasteiger partial charge in [-0.2, -0.15) is 13.1 Å². The van der Waals surface area contributed by atoms with Crippen molar-refractivity contribution in [2.45, 2.75) is 92.1 Å². The van der Waals surface area contributed by atoms with Gasteiger partial charge in [-0.15, -0.1) is 11.3 Å². The molecule has 4 heterocycles. The van der Waals surface area contributed by atoms with Crippen molar-refractivity contribution in [1.82, 2.24) is 9.88 Å². The number of carbonyl (C=O) groups excluding carboxylic acids is 2. The molecule has 2 aromatic heterocycles. The minimum atomic E-state index is -3.95. The molecule has 320 valence electrons. The average Bonchev–Trinajstić information content (AvgIpc) is 3.65. The molecule has 0 radical (unpaired) electrons. The molecular weight excluding hydrogens is 801 g/mol. The molecule has 0 bridgehead atoms. The third-order valence-electron chi connectivity index (χ3n) is 11.7. The summed E-state index contributed by atoms with van der Waals surface area (Å²) in [6.45, 7) is 14.7. The summed E-state index contributed by atoms with van der Waals surface area (Å²) in [6, 6.07) is 17.1. The molecule has 3 aromatic carbocycles. The second-order valence-electron chi connectivity index (χ2n) is 16.8. The average molecular weight is 858 g/mol. The SMILES string of the molecule is CC[N+](CC)(CC)OS(=O)(=O)CCCN(CCCC(=O)OC(C)(C)C)C(=O)c1ccccc1-c1c(-c2nc3ccccc3s2)c(=O)oc2c3c4c(cc12)CCCN4CCC3. The monoisotopic (exact) mass is 857 g/mol. The fourth-order valence-electron chi connectivity index (χ4n) is 8.69. The van der Waals surface area contributed by atoms with Crippen LogP contribution in [0.3, 0.4) is 0 Å². The van der Waals surface area contributed by atoms with E-state index in [1.807, 2.05) is 57.2 Å². The maximum absolute atomic E-state index is 15.1. The van der Waals surface area contributed by atoms with Crippen molar-refractivity contribution in [1.29, 1.82) is 0 Å². The van der Waals surface area contributed by atoms with Gasteiger partial charge in [-0.3, -0.25) is 9.59 Å². The number of thiazole rings is 1. The number of quaternary nitrogens is 1. The van der Waals surface area contributed by atoms with Crippen molar-refractivity contribution in [3.8, 4) is 21.7 Å². The lowest BCUT2D eigenvalue weighted by molar-refractivity contribution is -1.08. The van der Waals surface area contributed by atoms with Gasteiger partial charge in [0.15, 0.2) is 0 Å². The molecule has 60 heavy (non-hydrogen) atoms. The van der Waals surface area contributed by atoms with E-state index in [0.717, 1.165) is 65.6 Å². The Morgan fingerprint density at radius 2 is 1.62 bits per heavy atom. The van der Waals surface area contributed by atoms with Gasteiger partial charge in [-0.25, -0.2) is 9.78 Å². The highest BCUT2D eigenvalue weighted by Crippen LogP contribution is 2.46. The summed E-state index contributed by atoms with van der Waals surface area (Å²) in [5.41, 5.74) is 5.26. The van der Waals surface area contributed by atoms with Crippen molar-refractivity contribution < 1.29 is 36.1 Å². The van der Waals surface area contributed by atoms with Crippen LogP contribution >= 0.6 is 11.3 Å². The van der Waals surface area contributed by atoms with E-state index in [4.69, 9.17) is 18.4 Å². The first-order chi connectivity index (χ1) is 28.7. The van der Waals surface area contributed by atoms with Crippen LogP contribution in [0, 0.1) is 0 Å². The molecule has 0 N–H and O–H groups in total. The number of fused-ring (bicyclic) bond motifs is 3. The predicted molar refractivity (Wildman–Crippen MR) is 238 cm³/mol. The summed E-state index contributed by atoms with van der Waals surface area (Å²) in [5.74, 6) is -1.02. The standard InChI is InChI=1S/C46H57N4O8S2/c1-7-50(8-2,9-3)58-60(54,55)29-17-28-49(27-16-24-38(51)57-46(4,5)6)44(52)33-20-11-10-19-32(33)39-35-30-31-18-14-25-48-26-15-21-34(41(31)48)42(35)56-45(53)40(39)43-47-36-22-12-13-23-37(36)59-43/h10-13,19-20,22-23,30H,7-9,14-18,21,24-29H2,1-6H3/q+1. The lowest BCUT2D eigenvalue weighted by atomic mass is 9.86. The summed E-state index contributed by atoms with van der Waals surface area (Å²) in [6.07, 6.45) is 4.09. The van der Waals surface area contributed by atoms with Crippen LogP contribution in [0.1, 0.15) is 95.1 Å². The van der Waals surface area contributed by atoms with E-state index in [1.54, 1.807) is 37.8 Å². The smallest absolute Gasteiger partial charge is 0.347 e. The lowest BCUT2D eigenvalue weighted by Crippen LogP contribution is -2.49. The van der Waals surface area contributed by atoms with Gasteiger partial charge in [0.05, 0.1) is 16.0 Å². The van der Waals surface area contributed by atoms with Crippen LogP contribution in [-0.2, 0) is 36.8 Å². The minimum Gasteiger partial charge on any atom is -0.460 e. The number of ether oxygens (including phenoxy) is 1. The number of amides is 1. The Morgan fingerprint density at radius 1 is 0.933 bits per heavy atom. The quantitative estimate of drug-likeness (QED) is 0.0411. The van der Waals surface area contributed by atoms with E-state index < -0.39 is 21.3 Å². The number of hydroxylamine groups is 3. The number of anilines is 1. The Bertz CT molecular complexity index is 2530. The molecule has 0 fully saturated rings. The molecule has 0 atom stereocenters. The normalized spacial score (nSPS) is 14.4. The molecule has 2 aliphatic heterocycles. The predicted octanol–water partition coefficient (Wildman–Crippen LogP) is 8.53. The Hall–Kier alpha value is -4.63. The highest BCUT2D eigenvalue weighted by molar-refractivity contribution is 7.86. The molecule has 14 heteroatoms. The molecule has 0 aliphatic carbocycles. The summed E-state index contributed by atoms with van der Waals surface area (Å²) >= 11 is 1.40. The number of carbonyl (C=O) groups is 2. The van der Waals surface area contributed by atoms with Crippen LogP contribution in [-0.4, -0.2) is 92.0 Å². The van der Waals surface area contributed by atoms with Gasteiger partial charge in [0, 0.05) is 60.4 Å². The third-order valence-corrected chi connectivity index (χ3v) is 14.1. The molecule has 0 saturated heterocycles. The fraction of sp³-hybridized carbons (Fsp3) is 0.478. The van der Waals surface area contributed by atoms with E-state index in [-0.39, 0.29) is 48.2 Å². The molecule has 7 rings (SSSR count). The zero-order chi connectivity index (χ0) is 42.8. The second kappa shape index (κ2) is 17.8. The van der Waals surface area contributed by atoms with Crippen molar-refractivity contribution in [3.05, 3.63) is 81.7 Å². The van der Waals surface area contributed by atoms with Crippen LogP contribution < -0.4 is 10.5 Å². The Kier molecular flexibility index (Phi) is 12.9. The van der Waals surface area contributed by atoms with Crippen molar-refractivity contribution in [3.63, 3.8) is 0 Å². The third kappa shape index (κ3) is 9.17. The fourth-order valence-corrected chi connectivity index (χ4v) is 11.0. The second-order valence-corrected chi connectivity index (χ2v) is 19.5. The first-order valence-corrected chi connectivity index (χ1v) is 23.7. The Balaban J connectivity index is 1.33. The van der Waals surface area contributed by atoms with Crippen LogP contribution in [0.15, 0.2) is 63.8 Å². The molecule has 1 amide bonds. The zero-order valence-electron chi connectivity index (χ0n) is 35.7. The van der Waals surface area contributed by atoms with Crippen molar-refractivity contribution in [2.24, 2.45) is 0 Å².